The lowest BCUT2D eigenvalue weighted by atomic mass is 10.1. The van der Waals surface area contributed by atoms with Gasteiger partial charge >= 0.3 is 0 Å². The van der Waals surface area contributed by atoms with Crippen LogP contribution in [0.25, 0.3) is 0 Å². The van der Waals surface area contributed by atoms with E-state index in [2.05, 4.69) is 15.0 Å². The molecule has 0 aliphatic rings. The molecule has 8 heteroatoms. The Bertz CT molecular complexity index is 1000. The van der Waals surface area contributed by atoms with Gasteiger partial charge in [-0.05, 0) is 35.6 Å². The van der Waals surface area contributed by atoms with E-state index in [9.17, 15) is 9.59 Å². The third-order valence-electron chi connectivity index (χ3n) is 4.12. The molecule has 1 heterocycles. The molecule has 0 atom stereocenters. The molecule has 6 nitrogen and oxygen atoms in total. The zero-order valence-electron chi connectivity index (χ0n) is 15.2. The fraction of sp³-hybridized carbons (Fsp3) is 0.150. The quantitative estimate of drug-likeness (QED) is 0.574. The van der Waals surface area contributed by atoms with Crippen molar-refractivity contribution in [2.45, 2.75) is 20.0 Å². The van der Waals surface area contributed by atoms with Crippen LogP contribution in [0.15, 0.2) is 48.5 Å². The number of carbonyl (C=O) groups excluding carboxylic acids is 2. The maximum Gasteiger partial charge on any atom is 0.273 e. The van der Waals surface area contributed by atoms with Crippen molar-refractivity contribution in [3.63, 3.8) is 0 Å². The molecular weight excluding hydrogens is 396 g/mol. The van der Waals surface area contributed by atoms with Crippen molar-refractivity contribution in [3.05, 3.63) is 80.8 Å². The first-order valence-electron chi connectivity index (χ1n) is 8.56. The summed E-state index contributed by atoms with van der Waals surface area (Å²) in [6.45, 7) is 2.60. The molecule has 0 unspecified atom stereocenters. The lowest BCUT2D eigenvalue weighted by Gasteiger charge is -2.07. The first-order chi connectivity index (χ1) is 13.5. The average molecular weight is 415 g/mol. The van der Waals surface area contributed by atoms with Crippen LogP contribution < -0.4 is 16.4 Å². The van der Waals surface area contributed by atoms with Crippen LogP contribution in [-0.4, -0.2) is 16.2 Å². The molecule has 0 saturated carbocycles. The number of anilines is 1. The van der Waals surface area contributed by atoms with Gasteiger partial charge in [0.05, 0.1) is 5.69 Å². The predicted octanol–water partition coefficient (Wildman–Crippen LogP) is 3.55. The lowest BCUT2D eigenvalue weighted by molar-refractivity contribution is 0.0946. The molecule has 0 saturated heterocycles. The largest absolute Gasteiger partial charge is 0.395 e. The number of carbonyl (C=O) groups is 2. The Kier molecular flexibility index (Phi) is 6.28. The van der Waals surface area contributed by atoms with Gasteiger partial charge in [-0.3, -0.25) is 9.59 Å². The first kappa shape index (κ1) is 19.9. The van der Waals surface area contributed by atoms with Gasteiger partial charge in [0.15, 0.2) is 5.69 Å². The summed E-state index contributed by atoms with van der Waals surface area (Å²) in [5.74, 6) is -0.813. The average Bonchev–Trinajstić information content (AvgIpc) is 3.08. The highest BCUT2D eigenvalue weighted by Crippen LogP contribution is 2.22. The van der Waals surface area contributed by atoms with Crippen molar-refractivity contribution in [2.75, 3.05) is 5.73 Å². The molecular formula is C20H19ClN4O2S. The molecule has 0 aliphatic heterocycles. The van der Waals surface area contributed by atoms with Crippen molar-refractivity contribution in [2.24, 2.45) is 0 Å². The molecule has 144 valence electrons. The molecule has 0 bridgehead atoms. The molecule has 0 aliphatic carbocycles. The molecule has 0 spiro atoms. The van der Waals surface area contributed by atoms with Crippen LogP contribution in [-0.2, 0) is 13.1 Å². The van der Waals surface area contributed by atoms with Gasteiger partial charge in [-0.1, -0.05) is 59.6 Å². The maximum absolute atomic E-state index is 12.4. The molecule has 28 heavy (non-hydrogen) atoms. The second-order valence-corrected chi connectivity index (χ2v) is 7.40. The van der Waals surface area contributed by atoms with E-state index < -0.39 is 5.91 Å². The molecule has 3 aromatic rings. The van der Waals surface area contributed by atoms with Crippen molar-refractivity contribution in [3.8, 4) is 0 Å². The molecule has 3 rings (SSSR count). The minimum atomic E-state index is -0.453. The van der Waals surface area contributed by atoms with Crippen LogP contribution in [0.1, 0.15) is 36.9 Å². The van der Waals surface area contributed by atoms with Gasteiger partial charge in [-0.15, -0.1) is 0 Å². The molecule has 2 aromatic carbocycles. The Labute approximate surface area is 171 Å². The minimum absolute atomic E-state index is 0.0394. The molecule has 4 N–H and O–H groups in total. The van der Waals surface area contributed by atoms with E-state index in [1.807, 2.05) is 49.4 Å². The number of nitrogen functional groups attached to an aromatic ring is 1. The molecule has 2 amide bonds. The van der Waals surface area contributed by atoms with Crippen LogP contribution >= 0.6 is 23.1 Å². The Balaban J connectivity index is 1.62. The van der Waals surface area contributed by atoms with E-state index in [0.29, 0.717) is 11.6 Å². The minimum Gasteiger partial charge on any atom is -0.395 e. The highest BCUT2D eigenvalue weighted by atomic mass is 35.5. The number of aryl methyl sites for hydroxylation is 1. The number of hydrogen-bond acceptors (Lipinski definition) is 5. The van der Waals surface area contributed by atoms with Gasteiger partial charge in [0, 0.05) is 18.1 Å². The fourth-order valence-corrected chi connectivity index (χ4v) is 3.41. The van der Waals surface area contributed by atoms with Crippen molar-refractivity contribution >= 4 is 40.6 Å². The zero-order valence-corrected chi connectivity index (χ0v) is 16.7. The van der Waals surface area contributed by atoms with E-state index >= 15 is 0 Å². The monoisotopic (exact) mass is 414 g/mol. The highest BCUT2D eigenvalue weighted by molar-refractivity contribution is 7.09. The predicted molar refractivity (Wildman–Crippen MR) is 111 cm³/mol. The Hall–Kier alpha value is -2.90. The summed E-state index contributed by atoms with van der Waals surface area (Å²) < 4.78 is 4.05. The zero-order chi connectivity index (χ0) is 20.1. The van der Waals surface area contributed by atoms with Crippen LogP contribution in [0, 0.1) is 6.92 Å². The SMILES string of the molecule is Cc1ccc(CNC(=O)c2snc(C(=O)NCc3ccccc3Cl)c2N)cc1. The summed E-state index contributed by atoms with van der Waals surface area (Å²) in [6.07, 6.45) is 0. The number of benzene rings is 2. The van der Waals surface area contributed by atoms with Gasteiger partial charge in [0.1, 0.15) is 4.88 Å². The fourth-order valence-electron chi connectivity index (χ4n) is 2.49. The summed E-state index contributed by atoms with van der Waals surface area (Å²) in [4.78, 5) is 25.0. The Morgan fingerprint density at radius 2 is 1.71 bits per heavy atom. The van der Waals surface area contributed by atoms with Gasteiger partial charge in [-0.25, -0.2) is 0 Å². The van der Waals surface area contributed by atoms with Crippen LogP contribution in [0.5, 0.6) is 0 Å². The second-order valence-electron chi connectivity index (χ2n) is 6.22. The van der Waals surface area contributed by atoms with E-state index in [4.69, 9.17) is 17.3 Å². The van der Waals surface area contributed by atoms with E-state index in [1.165, 1.54) is 0 Å². The van der Waals surface area contributed by atoms with Crippen molar-refractivity contribution < 1.29 is 9.59 Å². The first-order valence-corrected chi connectivity index (χ1v) is 9.71. The van der Waals surface area contributed by atoms with Crippen LogP contribution in [0.3, 0.4) is 0 Å². The third-order valence-corrected chi connectivity index (χ3v) is 5.35. The number of nitrogens with zero attached hydrogens (tertiary/aromatic N) is 1. The van der Waals surface area contributed by atoms with Crippen LogP contribution in [0.2, 0.25) is 5.02 Å². The smallest absolute Gasteiger partial charge is 0.273 e. The van der Waals surface area contributed by atoms with E-state index in [0.717, 1.165) is 28.2 Å². The summed E-state index contributed by atoms with van der Waals surface area (Å²) in [5, 5.41) is 6.08. The summed E-state index contributed by atoms with van der Waals surface area (Å²) >= 11 is 6.98. The van der Waals surface area contributed by atoms with Gasteiger partial charge in [0.25, 0.3) is 11.8 Å². The summed E-state index contributed by atoms with van der Waals surface area (Å²) in [6, 6.07) is 15.1. The molecule has 0 radical (unpaired) electrons. The third kappa shape index (κ3) is 4.68. The van der Waals surface area contributed by atoms with Crippen LogP contribution in [0.4, 0.5) is 5.69 Å². The number of nitrogens with two attached hydrogens (primary N) is 1. The lowest BCUT2D eigenvalue weighted by Crippen LogP contribution is -2.25. The number of aromatic nitrogens is 1. The Morgan fingerprint density at radius 3 is 2.43 bits per heavy atom. The Morgan fingerprint density at radius 1 is 1.04 bits per heavy atom. The van der Waals surface area contributed by atoms with Gasteiger partial charge < -0.3 is 16.4 Å². The maximum atomic E-state index is 12.4. The number of hydrogen-bond donors (Lipinski definition) is 3. The van der Waals surface area contributed by atoms with Gasteiger partial charge in [0.2, 0.25) is 0 Å². The molecule has 1 aromatic heterocycles. The van der Waals surface area contributed by atoms with Crippen molar-refractivity contribution in [1.29, 1.82) is 0 Å². The number of nitrogens with one attached hydrogen (secondary N) is 2. The number of amides is 2. The standard InChI is InChI=1S/C20H19ClN4O2S/c1-12-6-8-13(9-7-12)10-23-20(27)18-16(22)17(25-28-18)19(26)24-11-14-4-2-3-5-15(14)21/h2-9H,10-11,22H2,1H3,(H,23,27)(H,24,26). The number of halogens is 1. The summed E-state index contributed by atoms with van der Waals surface area (Å²) in [5.41, 5.74) is 9.00. The summed E-state index contributed by atoms with van der Waals surface area (Å²) in [7, 11) is 0. The van der Waals surface area contributed by atoms with Crippen molar-refractivity contribution in [1.82, 2.24) is 15.0 Å². The topological polar surface area (TPSA) is 97.1 Å². The highest BCUT2D eigenvalue weighted by Gasteiger charge is 2.22. The number of rotatable bonds is 6. The normalized spacial score (nSPS) is 10.5. The van der Waals surface area contributed by atoms with E-state index in [-0.39, 0.29) is 28.7 Å². The molecule has 0 fully saturated rings. The van der Waals surface area contributed by atoms with Gasteiger partial charge in [-0.2, -0.15) is 4.37 Å². The van der Waals surface area contributed by atoms with E-state index in [1.54, 1.807) is 6.07 Å². The second kappa shape index (κ2) is 8.86.